The summed E-state index contributed by atoms with van der Waals surface area (Å²) in [5.74, 6) is -0.188. The lowest BCUT2D eigenvalue weighted by atomic mass is 9.95. The Morgan fingerprint density at radius 3 is 3.06 bits per heavy atom. The number of ether oxygens (including phenoxy) is 1. The molecule has 2 unspecified atom stereocenters. The van der Waals surface area contributed by atoms with Crippen molar-refractivity contribution in [2.75, 3.05) is 6.61 Å². The Hall–Kier alpha value is -1.45. The van der Waals surface area contributed by atoms with Crippen LogP contribution in [0.25, 0.3) is 0 Å². The minimum atomic E-state index is -0.418. The van der Waals surface area contributed by atoms with Gasteiger partial charge in [0.05, 0.1) is 16.9 Å². The van der Waals surface area contributed by atoms with E-state index in [0.29, 0.717) is 6.61 Å². The zero-order valence-corrected chi connectivity index (χ0v) is 9.27. The molecule has 1 aromatic heterocycles. The molecule has 1 aromatic rings. The van der Waals surface area contributed by atoms with Crippen molar-refractivity contribution in [1.29, 1.82) is 5.26 Å². The minimum absolute atomic E-state index is 0.0980. The van der Waals surface area contributed by atoms with Gasteiger partial charge in [-0.05, 0) is 18.9 Å². The fourth-order valence-electron chi connectivity index (χ4n) is 1.79. The second kappa shape index (κ2) is 4.60. The molecule has 0 saturated carbocycles. The molecule has 16 heavy (non-hydrogen) atoms. The Morgan fingerprint density at radius 2 is 2.44 bits per heavy atom. The first-order valence-corrected chi connectivity index (χ1v) is 5.79. The fourth-order valence-corrected chi connectivity index (χ4v) is 2.72. The molecule has 84 valence electrons. The van der Waals surface area contributed by atoms with Gasteiger partial charge in [0.1, 0.15) is 6.10 Å². The highest BCUT2D eigenvalue weighted by atomic mass is 32.1. The molecule has 2 heterocycles. The Balaban J connectivity index is 2.21. The lowest BCUT2D eigenvalue weighted by Gasteiger charge is -2.25. The van der Waals surface area contributed by atoms with Crippen LogP contribution in [0.4, 0.5) is 5.00 Å². The standard InChI is InChI=1S/C10H10N2O3S/c11-6-7-2-1-5-15-10(7)8-3-4-9(16-8)12(13)14/h3-4,7,10H,1-2,5H2. The molecule has 0 radical (unpaired) electrons. The van der Waals surface area contributed by atoms with E-state index in [4.69, 9.17) is 10.00 Å². The zero-order chi connectivity index (χ0) is 11.5. The molecule has 2 rings (SSSR count). The third kappa shape index (κ3) is 2.05. The summed E-state index contributed by atoms with van der Waals surface area (Å²) >= 11 is 1.09. The molecule has 0 amide bonds. The lowest BCUT2D eigenvalue weighted by molar-refractivity contribution is -0.380. The molecule has 0 bridgehead atoms. The van der Waals surface area contributed by atoms with Crippen molar-refractivity contribution >= 4 is 16.3 Å². The highest BCUT2D eigenvalue weighted by Crippen LogP contribution is 2.38. The maximum Gasteiger partial charge on any atom is 0.324 e. The van der Waals surface area contributed by atoms with E-state index >= 15 is 0 Å². The van der Waals surface area contributed by atoms with Gasteiger partial charge in [-0.15, -0.1) is 0 Å². The topological polar surface area (TPSA) is 76.2 Å². The van der Waals surface area contributed by atoms with Crippen molar-refractivity contribution in [3.63, 3.8) is 0 Å². The first-order valence-electron chi connectivity index (χ1n) is 4.97. The highest BCUT2D eigenvalue weighted by Gasteiger charge is 2.29. The van der Waals surface area contributed by atoms with Crippen molar-refractivity contribution in [2.24, 2.45) is 5.92 Å². The van der Waals surface area contributed by atoms with E-state index in [2.05, 4.69) is 6.07 Å². The smallest absolute Gasteiger partial charge is 0.324 e. The SMILES string of the molecule is N#CC1CCCOC1c1ccc([N+](=O)[O-])s1. The number of hydrogen-bond donors (Lipinski definition) is 0. The van der Waals surface area contributed by atoms with Crippen LogP contribution in [-0.2, 0) is 4.74 Å². The monoisotopic (exact) mass is 238 g/mol. The van der Waals surface area contributed by atoms with Gasteiger partial charge in [0.2, 0.25) is 0 Å². The summed E-state index contributed by atoms with van der Waals surface area (Å²) in [6.07, 6.45) is 1.38. The van der Waals surface area contributed by atoms with Crippen LogP contribution < -0.4 is 0 Å². The van der Waals surface area contributed by atoms with Crippen molar-refractivity contribution in [2.45, 2.75) is 18.9 Å². The van der Waals surface area contributed by atoms with Crippen LogP contribution in [0.5, 0.6) is 0 Å². The van der Waals surface area contributed by atoms with Gasteiger partial charge in [-0.3, -0.25) is 10.1 Å². The summed E-state index contributed by atoms with van der Waals surface area (Å²) in [5, 5.41) is 19.6. The van der Waals surface area contributed by atoms with E-state index in [1.165, 1.54) is 6.07 Å². The molecule has 2 atom stereocenters. The van der Waals surface area contributed by atoms with Gasteiger partial charge >= 0.3 is 5.00 Å². The fraction of sp³-hybridized carbons (Fsp3) is 0.500. The van der Waals surface area contributed by atoms with Crippen LogP contribution in [0.1, 0.15) is 23.8 Å². The molecule has 0 aromatic carbocycles. The lowest BCUT2D eigenvalue weighted by Crippen LogP contribution is -2.20. The molecule has 0 spiro atoms. The van der Waals surface area contributed by atoms with Crippen LogP contribution in [0, 0.1) is 27.4 Å². The Kier molecular flexibility index (Phi) is 3.17. The molecule has 1 aliphatic heterocycles. The average molecular weight is 238 g/mol. The maximum absolute atomic E-state index is 10.6. The van der Waals surface area contributed by atoms with Gasteiger partial charge in [0.25, 0.3) is 0 Å². The van der Waals surface area contributed by atoms with Crippen LogP contribution >= 0.6 is 11.3 Å². The van der Waals surface area contributed by atoms with Gasteiger partial charge in [0.15, 0.2) is 0 Å². The zero-order valence-electron chi connectivity index (χ0n) is 8.46. The van der Waals surface area contributed by atoms with Crippen LogP contribution in [0.2, 0.25) is 0 Å². The first kappa shape index (κ1) is 11.0. The summed E-state index contributed by atoms with van der Waals surface area (Å²) in [6.45, 7) is 0.620. The molecular weight excluding hydrogens is 228 g/mol. The summed E-state index contributed by atoms with van der Waals surface area (Å²) in [6, 6.07) is 5.35. The van der Waals surface area contributed by atoms with E-state index in [1.807, 2.05) is 0 Å². The third-order valence-corrected chi connectivity index (χ3v) is 3.66. The maximum atomic E-state index is 10.6. The summed E-state index contributed by atoms with van der Waals surface area (Å²) in [7, 11) is 0. The number of rotatable bonds is 2. The number of nitrogens with zero attached hydrogens (tertiary/aromatic N) is 2. The predicted molar refractivity (Wildman–Crippen MR) is 58.0 cm³/mol. The summed E-state index contributed by atoms with van der Waals surface area (Å²) < 4.78 is 5.53. The Morgan fingerprint density at radius 1 is 1.62 bits per heavy atom. The van der Waals surface area contributed by atoms with Crippen molar-refractivity contribution in [3.05, 3.63) is 27.1 Å². The molecule has 1 saturated heterocycles. The first-order chi connectivity index (χ1) is 7.72. The molecule has 1 fully saturated rings. The van der Waals surface area contributed by atoms with Gasteiger partial charge in [-0.2, -0.15) is 5.26 Å². The molecule has 6 heteroatoms. The number of thiophene rings is 1. The number of nitro groups is 1. The van der Waals surface area contributed by atoms with Crippen LogP contribution in [-0.4, -0.2) is 11.5 Å². The molecule has 1 aliphatic rings. The second-order valence-corrected chi connectivity index (χ2v) is 4.70. The average Bonchev–Trinajstić information content (AvgIpc) is 2.78. The van der Waals surface area contributed by atoms with Gasteiger partial charge in [-0.1, -0.05) is 11.3 Å². The summed E-state index contributed by atoms with van der Waals surface area (Å²) in [4.78, 5) is 10.9. The second-order valence-electron chi connectivity index (χ2n) is 3.60. The molecule has 5 nitrogen and oxygen atoms in total. The normalized spacial score (nSPS) is 24.9. The quantitative estimate of drug-likeness (QED) is 0.586. The van der Waals surface area contributed by atoms with E-state index in [9.17, 15) is 10.1 Å². The third-order valence-electron chi connectivity index (χ3n) is 2.56. The molecule has 0 aliphatic carbocycles. The van der Waals surface area contributed by atoms with Crippen molar-refractivity contribution < 1.29 is 9.66 Å². The van der Waals surface area contributed by atoms with E-state index in [-0.39, 0.29) is 17.0 Å². The molecular formula is C10H10N2O3S. The number of nitriles is 1. The largest absolute Gasteiger partial charge is 0.371 e. The van der Waals surface area contributed by atoms with Gasteiger partial charge in [-0.25, -0.2) is 0 Å². The van der Waals surface area contributed by atoms with E-state index in [1.54, 1.807) is 6.07 Å². The Bertz CT molecular complexity index is 438. The van der Waals surface area contributed by atoms with Crippen molar-refractivity contribution in [1.82, 2.24) is 0 Å². The van der Waals surface area contributed by atoms with E-state index < -0.39 is 4.92 Å². The number of hydrogen-bond acceptors (Lipinski definition) is 5. The van der Waals surface area contributed by atoms with Crippen molar-refractivity contribution in [3.8, 4) is 6.07 Å². The van der Waals surface area contributed by atoms with E-state index in [0.717, 1.165) is 29.1 Å². The minimum Gasteiger partial charge on any atom is -0.371 e. The predicted octanol–water partition coefficient (Wildman–Crippen LogP) is 2.65. The van der Waals surface area contributed by atoms with Gasteiger partial charge in [0, 0.05) is 17.6 Å². The van der Waals surface area contributed by atoms with Gasteiger partial charge < -0.3 is 4.74 Å². The molecule has 0 N–H and O–H groups in total. The highest BCUT2D eigenvalue weighted by molar-refractivity contribution is 7.15. The summed E-state index contributed by atoms with van der Waals surface area (Å²) in [5.41, 5.74) is 0. The van der Waals surface area contributed by atoms with Crippen LogP contribution in [0.15, 0.2) is 12.1 Å². The Labute approximate surface area is 96.4 Å². The van der Waals surface area contributed by atoms with Crippen LogP contribution in [0.3, 0.4) is 0 Å².